The Morgan fingerprint density at radius 3 is 1.66 bits per heavy atom. The molecule has 0 unspecified atom stereocenters. The molecule has 0 saturated heterocycles. The van der Waals surface area contributed by atoms with Crippen LogP contribution in [0.4, 0.5) is 17.6 Å². The Bertz CT molecular complexity index is 942. The predicted octanol–water partition coefficient (Wildman–Crippen LogP) is 9.95. The highest BCUT2D eigenvalue weighted by molar-refractivity contribution is 6.30. The minimum Gasteiger partial charge on any atom is -0.207 e. The van der Waals surface area contributed by atoms with E-state index in [4.69, 9.17) is 11.6 Å². The molecule has 0 aromatic heterocycles. The van der Waals surface area contributed by atoms with Crippen molar-refractivity contribution in [3.05, 3.63) is 69.2 Å². The van der Waals surface area contributed by atoms with E-state index in [2.05, 4.69) is 6.92 Å². The molecule has 0 heterocycles. The van der Waals surface area contributed by atoms with E-state index >= 15 is 0 Å². The van der Waals surface area contributed by atoms with E-state index < -0.39 is 28.3 Å². The molecule has 2 aliphatic rings. The van der Waals surface area contributed by atoms with Crippen LogP contribution in [0.25, 0.3) is 0 Å². The summed E-state index contributed by atoms with van der Waals surface area (Å²) < 4.78 is 57.0. The second-order valence-electron chi connectivity index (χ2n) is 10.9. The molecule has 0 radical (unpaired) electrons. The van der Waals surface area contributed by atoms with E-state index in [-0.39, 0.29) is 24.3 Å². The number of hydrogen-bond donors (Lipinski definition) is 0. The molecule has 0 aliphatic heterocycles. The van der Waals surface area contributed by atoms with Gasteiger partial charge >= 0.3 is 0 Å². The maximum absolute atomic E-state index is 14.8. The quantitative estimate of drug-likeness (QED) is 0.246. The van der Waals surface area contributed by atoms with Crippen molar-refractivity contribution in [1.29, 1.82) is 0 Å². The van der Waals surface area contributed by atoms with E-state index in [0.717, 1.165) is 61.1 Å². The number of aryl methyl sites for hydroxylation is 1. The first-order chi connectivity index (χ1) is 16.8. The van der Waals surface area contributed by atoms with Gasteiger partial charge in [0.25, 0.3) is 0 Å². The average Bonchev–Trinajstić information content (AvgIpc) is 2.86. The predicted molar refractivity (Wildman–Crippen MR) is 135 cm³/mol. The van der Waals surface area contributed by atoms with Crippen LogP contribution in [0.5, 0.6) is 0 Å². The third-order valence-corrected chi connectivity index (χ3v) is 9.08. The number of rotatable bonds is 8. The summed E-state index contributed by atoms with van der Waals surface area (Å²) in [5.74, 6) is -0.0910. The van der Waals surface area contributed by atoms with Crippen LogP contribution in [-0.4, -0.2) is 0 Å². The zero-order chi connectivity index (χ0) is 24.9. The summed E-state index contributed by atoms with van der Waals surface area (Å²) in [4.78, 5) is 0. The third-order valence-electron chi connectivity index (χ3n) is 8.72. The van der Waals surface area contributed by atoms with Crippen LogP contribution in [0, 0.1) is 41.0 Å². The second-order valence-corrected chi connectivity index (χ2v) is 11.3. The summed E-state index contributed by atoms with van der Waals surface area (Å²) in [5, 5.41) is -0.565. The maximum Gasteiger partial charge on any atom is 0.145 e. The summed E-state index contributed by atoms with van der Waals surface area (Å²) in [6.45, 7) is 2.31. The summed E-state index contributed by atoms with van der Waals surface area (Å²) in [7, 11) is 0. The van der Waals surface area contributed by atoms with Crippen molar-refractivity contribution in [2.75, 3.05) is 0 Å². The monoisotopic (exact) mass is 508 g/mol. The highest BCUT2D eigenvalue weighted by Gasteiger charge is 2.26. The van der Waals surface area contributed by atoms with Gasteiger partial charge in [-0.25, -0.2) is 17.6 Å². The summed E-state index contributed by atoms with van der Waals surface area (Å²) in [5.41, 5.74) is 1.03. The van der Waals surface area contributed by atoms with Crippen molar-refractivity contribution >= 4 is 11.6 Å². The van der Waals surface area contributed by atoms with E-state index in [1.54, 1.807) is 0 Å². The Hall–Kier alpha value is -1.55. The van der Waals surface area contributed by atoms with Gasteiger partial charge in [-0.05, 0) is 97.6 Å². The molecule has 0 atom stereocenters. The molecule has 4 rings (SSSR count). The van der Waals surface area contributed by atoms with Crippen molar-refractivity contribution in [2.24, 2.45) is 17.8 Å². The Kier molecular flexibility index (Phi) is 9.18. The Balaban J connectivity index is 1.28. The van der Waals surface area contributed by atoms with Gasteiger partial charge in [-0.3, -0.25) is 0 Å². The number of benzene rings is 2. The van der Waals surface area contributed by atoms with Crippen LogP contribution in [-0.2, 0) is 12.8 Å². The zero-order valence-electron chi connectivity index (χ0n) is 20.7. The fourth-order valence-corrected chi connectivity index (χ4v) is 6.41. The topological polar surface area (TPSA) is 0 Å². The van der Waals surface area contributed by atoms with Crippen molar-refractivity contribution in [3.8, 4) is 0 Å². The summed E-state index contributed by atoms with van der Waals surface area (Å²) >= 11 is 5.51. The van der Waals surface area contributed by atoms with Gasteiger partial charge in [0.1, 0.15) is 28.3 Å². The molecular weight excluding hydrogens is 472 g/mol. The van der Waals surface area contributed by atoms with Crippen LogP contribution >= 0.6 is 11.6 Å². The highest BCUT2D eigenvalue weighted by atomic mass is 35.5. The summed E-state index contributed by atoms with van der Waals surface area (Å²) in [6.07, 6.45) is 13.9. The van der Waals surface area contributed by atoms with Crippen LogP contribution in [0.3, 0.4) is 0 Å². The maximum atomic E-state index is 14.8. The molecule has 2 aromatic carbocycles. The van der Waals surface area contributed by atoms with Gasteiger partial charge in [-0.2, -0.15) is 0 Å². The Morgan fingerprint density at radius 2 is 1.14 bits per heavy atom. The molecule has 0 amide bonds. The number of halogens is 5. The standard InChI is InChI=1S/C30H37ClF4/c1-2-19-3-5-20(6-4-19)7-8-21-9-12-23(13-10-21)24-17-26(32)25(27(33)18-24)14-11-22-15-28(34)30(31)29(35)16-22/h15-21,23H,2-14H2,1H3/t19-,20-,21?,23?. The Morgan fingerprint density at radius 1 is 0.657 bits per heavy atom. The van der Waals surface area contributed by atoms with E-state index in [0.29, 0.717) is 5.56 Å². The first kappa shape index (κ1) is 26.5. The van der Waals surface area contributed by atoms with Gasteiger partial charge in [0, 0.05) is 5.56 Å². The molecule has 0 spiro atoms. The van der Waals surface area contributed by atoms with Crippen LogP contribution in [0.1, 0.15) is 100 Å². The third kappa shape index (κ3) is 6.81. The smallest absolute Gasteiger partial charge is 0.145 e. The van der Waals surface area contributed by atoms with E-state index in [1.165, 1.54) is 57.1 Å². The molecule has 5 heteroatoms. The molecule has 0 N–H and O–H groups in total. The van der Waals surface area contributed by atoms with Gasteiger partial charge in [-0.15, -0.1) is 0 Å². The lowest BCUT2D eigenvalue weighted by Crippen LogP contribution is -2.17. The van der Waals surface area contributed by atoms with E-state index in [1.807, 2.05) is 0 Å². The molecule has 2 saturated carbocycles. The largest absolute Gasteiger partial charge is 0.207 e. The molecule has 0 bridgehead atoms. The number of hydrogen-bond acceptors (Lipinski definition) is 0. The van der Waals surface area contributed by atoms with Gasteiger partial charge < -0.3 is 0 Å². The fraction of sp³-hybridized carbons (Fsp3) is 0.600. The minimum absolute atomic E-state index is 0.0315. The van der Waals surface area contributed by atoms with Crippen LogP contribution in [0.15, 0.2) is 24.3 Å². The first-order valence-corrected chi connectivity index (χ1v) is 13.8. The molecule has 35 heavy (non-hydrogen) atoms. The minimum atomic E-state index is -0.863. The van der Waals surface area contributed by atoms with Crippen molar-refractivity contribution in [2.45, 2.75) is 96.3 Å². The first-order valence-electron chi connectivity index (χ1n) is 13.4. The molecular formula is C30H37ClF4. The van der Waals surface area contributed by atoms with Crippen LogP contribution in [0.2, 0.25) is 5.02 Å². The van der Waals surface area contributed by atoms with Crippen LogP contribution < -0.4 is 0 Å². The van der Waals surface area contributed by atoms with Crippen molar-refractivity contribution in [1.82, 2.24) is 0 Å². The van der Waals surface area contributed by atoms with Gasteiger partial charge in [0.05, 0.1) is 0 Å². The second kappa shape index (κ2) is 12.1. The average molecular weight is 509 g/mol. The lowest BCUT2D eigenvalue weighted by molar-refractivity contribution is 0.227. The summed E-state index contributed by atoms with van der Waals surface area (Å²) in [6, 6.07) is 5.17. The SMILES string of the molecule is CC[C@H]1CC[C@H](CCC2CCC(c3cc(F)c(CCc4cc(F)c(Cl)c(F)c4)c(F)c3)CC2)CC1. The van der Waals surface area contributed by atoms with Gasteiger partial charge in [0.2, 0.25) is 0 Å². The molecule has 2 fully saturated rings. The highest BCUT2D eigenvalue weighted by Crippen LogP contribution is 2.40. The van der Waals surface area contributed by atoms with Gasteiger partial charge in [-0.1, -0.05) is 63.5 Å². The molecule has 2 aliphatic carbocycles. The normalized spacial score (nSPS) is 25.1. The molecule has 2 aromatic rings. The van der Waals surface area contributed by atoms with Crippen molar-refractivity contribution in [3.63, 3.8) is 0 Å². The zero-order valence-corrected chi connectivity index (χ0v) is 21.5. The lowest BCUT2D eigenvalue weighted by Gasteiger charge is -2.32. The van der Waals surface area contributed by atoms with Gasteiger partial charge in [0.15, 0.2) is 0 Å². The fourth-order valence-electron chi connectivity index (χ4n) is 6.30. The molecule has 0 nitrogen and oxygen atoms in total. The molecule has 192 valence electrons. The van der Waals surface area contributed by atoms with Crippen molar-refractivity contribution < 1.29 is 17.6 Å². The lowest BCUT2D eigenvalue weighted by atomic mass is 9.74. The Labute approximate surface area is 212 Å². The van der Waals surface area contributed by atoms with E-state index in [9.17, 15) is 17.6 Å².